The minimum atomic E-state index is 1.03. The van der Waals surface area contributed by atoms with Gasteiger partial charge >= 0.3 is 0 Å². The van der Waals surface area contributed by atoms with E-state index in [0.717, 1.165) is 19.5 Å². The van der Waals surface area contributed by atoms with Gasteiger partial charge in [0.25, 0.3) is 0 Å². The van der Waals surface area contributed by atoms with Crippen molar-refractivity contribution in [1.29, 1.82) is 0 Å². The molecule has 0 aliphatic carbocycles. The van der Waals surface area contributed by atoms with Crippen LogP contribution in [0.5, 0.6) is 0 Å². The van der Waals surface area contributed by atoms with Crippen LogP contribution >= 0.6 is 0 Å². The van der Waals surface area contributed by atoms with Crippen LogP contribution in [0.4, 0.5) is 5.69 Å². The summed E-state index contributed by atoms with van der Waals surface area (Å²) in [7, 11) is 1.99. The highest BCUT2D eigenvalue weighted by Gasteiger charge is 1.99. The summed E-state index contributed by atoms with van der Waals surface area (Å²) in [5, 5.41) is 6.62. The number of aryl methyl sites for hydroxylation is 2. The number of hydrogen-bond donors (Lipinski definition) is 2. The molecule has 1 rings (SSSR count). The summed E-state index contributed by atoms with van der Waals surface area (Å²) in [6.07, 6.45) is 1.16. The monoisotopic (exact) mass is 192 g/mol. The lowest BCUT2D eigenvalue weighted by Crippen LogP contribution is -2.13. The topological polar surface area (TPSA) is 24.1 Å². The van der Waals surface area contributed by atoms with Gasteiger partial charge in [-0.3, -0.25) is 0 Å². The van der Waals surface area contributed by atoms with E-state index in [1.165, 1.54) is 16.8 Å². The summed E-state index contributed by atoms with van der Waals surface area (Å²) < 4.78 is 0. The van der Waals surface area contributed by atoms with E-state index in [2.05, 4.69) is 42.7 Å². The van der Waals surface area contributed by atoms with Gasteiger partial charge < -0.3 is 10.6 Å². The zero-order valence-electron chi connectivity index (χ0n) is 9.35. The molecule has 2 N–H and O–H groups in total. The van der Waals surface area contributed by atoms with Crippen LogP contribution < -0.4 is 10.6 Å². The van der Waals surface area contributed by atoms with E-state index in [1.807, 2.05) is 7.05 Å². The van der Waals surface area contributed by atoms with E-state index in [4.69, 9.17) is 0 Å². The third-order valence-electron chi connectivity index (χ3n) is 2.39. The molecule has 0 spiro atoms. The average Bonchev–Trinajstić information content (AvgIpc) is 2.16. The second-order valence-electron chi connectivity index (χ2n) is 3.65. The Bertz CT molecular complexity index is 261. The third-order valence-corrected chi connectivity index (χ3v) is 2.39. The predicted molar refractivity (Wildman–Crippen MR) is 62.9 cm³/mol. The van der Waals surface area contributed by atoms with Gasteiger partial charge in [0.2, 0.25) is 0 Å². The minimum absolute atomic E-state index is 1.03. The maximum atomic E-state index is 3.48. The van der Waals surface area contributed by atoms with Gasteiger partial charge in [-0.25, -0.2) is 0 Å². The normalized spacial score (nSPS) is 10.2. The summed E-state index contributed by atoms with van der Waals surface area (Å²) in [5.41, 5.74) is 3.95. The van der Waals surface area contributed by atoms with E-state index in [0.29, 0.717) is 0 Å². The summed E-state index contributed by atoms with van der Waals surface area (Å²) in [5.74, 6) is 0. The van der Waals surface area contributed by atoms with E-state index in [1.54, 1.807) is 0 Å². The lowest BCUT2D eigenvalue weighted by atomic mass is 10.1. The second-order valence-corrected chi connectivity index (χ2v) is 3.65. The molecule has 2 heteroatoms. The van der Waals surface area contributed by atoms with Crippen molar-refractivity contribution in [2.75, 3.05) is 25.5 Å². The van der Waals surface area contributed by atoms with Crippen molar-refractivity contribution < 1.29 is 0 Å². The highest BCUT2D eigenvalue weighted by molar-refractivity contribution is 5.56. The second kappa shape index (κ2) is 5.66. The van der Waals surface area contributed by atoms with Crippen molar-refractivity contribution in [2.45, 2.75) is 20.3 Å². The van der Waals surface area contributed by atoms with Gasteiger partial charge in [0.15, 0.2) is 0 Å². The van der Waals surface area contributed by atoms with Crippen LogP contribution in [0.15, 0.2) is 18.2 Å². The van der Waals surface area contributed by atoms with Gasteiger partial charge in [-0.2, -0.15) is 0 Å². The zero-order valence-corrected chi connectivity index (χ0v) is 9.35. The molecule has 0 fully saturated rings. The van der Waals surface area contributed by atoms with Crippen LogP contribution in [0.2, 0.25) is 0 Å². The molecule has 14 heavy (non-hydrogen) atoms. The van der Waals surface area contributed by atoms with Crippen molar-refractivity contribution in [3.05, 3.63) is 29.3 Å². The molecule has 0 saturated heterocycles. The Morgan fingerprint density at radius 1 is 1.07 bits per heavy atom. The van der Waals surface area contributed by atoms with Gasteiger partial charge in [-0.05, 0) is 45.0 Å². The molecular weight excluding hydrogens is 172 g/mol. The van der Waals surface area contributed by atoms with Gasteiger partial charge in [0.1, 0.15) is 0 Å². The SMILES string of the molecule is CNCCCNc1c(C)cccc1C. The van der Waals surface area contributed by atoms with E-state index < -0.39 is 0 Å². The largest absolute Gasteiger partial charge is 0.385 e. The minimum Gasteiger partial charge on any atom is -0.385 e. The quantitative estimate of drug-likeness (QED) is 0.700. The fourth-order valence-corrected chi connectivity index (χ4v) is 1.57. The summed E-state index contributed by atoms with van der Waals surface area (Å²) in [6, 6.07) is 6.39. The van der Waals surface area contributed by atoms with Crippen LogP contribution in [-0.4, -0.2) is 20.1 Å². The van der Waals surface area contributed by atoms with Gasteiger partial charge in [-0.15, -0.1) is 0 Å². The Balaban J connectivity index is 2.49. The molecule has 0 radical (unpaired) electrons. The molecule has 0 bridgehead atoms. The molecule has 0 aromatic heterocycles. The molecule has 0 unspecified atom stereocenters. The summed E-state index contributed by atoms with van der Waals surface area (Å²) >= 11 is 0. The lowest BCUT2D eigenvalue weighted by molar-refractivity contribution is 0.747. The van der Waals surface area contributed by atoms with Crippen LogP contribution in [0.3, 0.4) is 0 Å². The Hall–Kier alpha value is -1.02. The maximum Gasteiger partial charge on any atom is 0.0399 e. The summed E-state index contributed by atoms with van der Waals surface area (Å²) in [4.78, 5) is 0. The molecular formula is C12H20N2. The van der Waals surface area contributed by atoms with E-state index >= 15 is 0 Å². The Morgan fingerprint density at radius 3 is 2.29 bits per heavy atom. The van der Waals surface area contributed by atoms with Crippen LogP contribution in [-0.2, 0) is 0 Å². The van der Waals surface area contributed by atoms with E-state index in [9.17, 15) is 0 Å². The third kappa shape index (κ3) is 3.04. The van der Waals surface area contributed by atoms with Crippen molar-refractivity contribution in [3.63, 3.8) is 0 Å². The van der Waals surface area contributed by atoms with Crippen molar-refractivity contribution in [3.8, 4) is 0 Å². The number of nitrogens with one attached hydrogen (secondary N) is 2. The molecule has 78 valence electrons. The fraction of sp³-hybridized carbons (Fsp3) is 0.500. The molecule has 0 aliphatic rings. The maximum absolute atomic E-state index is 3.48. The molecule has 0 heterocycles. The molecule has 0 aliphatic heterocycles. The first-order valence-corrected chi connectivity index (χ1v) is 5.20. The predicted octanol–water partition coefficient (Wildman–Crippen LogP) is 2.32. The lowest BCUT2D eigenvalue weighted by Gasteiger charge is -2.12. The van der Waals surface area contributed by atoms with Crippen molar-refractivity contribution in [1.82, 2.24) is 5.32 Å². The first-order chi connectivity index (χ1) is 6.75. The Kier molecular flexibility index (Phi) is 4.47. The van der Waals surface area contributed by atoms with Gasteiger partial charge in [0.05, 0.1) is 0 Å². The highest BCUT2D eigenvalue weighted by atomic mass is 14.9. The Labute approximate surface area is 86.7 Å². The van der Waals surface area contributed by atoms with Crippen molar-refractivity contribution in [2.24, 2.45) is 0 Å². The molecule has 2 nitrogen and oxygen atoms in total. The standard InChI is InChI=1S/C12H20N2/c1-10-6-4-7-11(2)12(10)14-9-5-8-13-3/h4,6-7,13-14H,5,8-9H2,1-3H3. The zero-order chi connectivity index (χ0) is 10.4. The average molecular weight is 192 g/mol. The number of anilines is 1. The fourth-order valence-electron chi connectivity index (χ4n) is 1.57. The van der Waals surface area contributed by atoms with Crippen molar-refractivity contribution >= 4 is 5.69 Å². The molecule has 0 saturated carbocycles. The molecule has 0 atom stereocenters. The number of para-hydroxylation sites is 1. The van der Waals surface area contributed by atoms with Gasteiger partial charge in [0, 0.05) is 12.2 Å². The van der Waals surface area contributed by atoms with Crippen LogP contribution in [0.1, 0.15) is 17.5 Å². The number of hydrogen-bond acceptors (Lipinski definition) is 2. The van der Waals surface area contributed by atoms with E-state index in [-0.39, 0.29) is 0 Å². The molecule has 0 amide bonds. The number of benzene rings is 1. The first kappa shape index (κ1) is 11.1. The molecule has 1 aromatic rings. The van der Waals surface area contributed by atoms with Gasteiger partial charge in [-0.1, -0.05) is 18.2 Å². The number of rotatable bonds is 5. The molecule has 1 aromatic carbocycles. The smallest absolute Gasteiger partial charge is 0.0399 e. The van der Waals surface area contributed by atoms with Crippen LogP contribution in [0, 0.1) is 13.8 Å². The first-order valence-electron chi connectivity index (χ1n) is 5.20. The Morgan fingerprint density at radius 2 is 1.71 bits per heavy atom. The van der Waals surface area contributed by atoms with Crippen LogP contribution in [0.25, 0.3) is 0 Å². The highest BCUT2D eigenvalue weighted by Crippen LogP contribution is 2.18. The summed E-state index contributed by atoms with van der Waals surface area (Å²) in [6.45, 7) is 6.39.